The number of nitrogens with zero attached hydrogens (tertiary/aromatic N) is 1. The molecule has 0 aromatic heterocycles. The third-order valence-electron chi connectivity index (χ3n) is 8.32. The number of carbonyl (C=O) groups is 5. The first-order valence-electron chi connectivity index (χ1n) is 18.2. The molecule has 0 unspecified atom stereocenters. The van der Waals surface area contributed by atoms with E-state index in [0.717, 1.165) is 38.5 Å². The molecule has 12 nitrogen and oxygen atoms in total. The van der Waals surface area contributed by atoms with E-state index < -0.39 is 66.5 Å². The average molecular weight is 719 g/mol. The second-order valence-corrected chi connectivity index (χ2v) is 14.3. The van der Waals surface area contributed by atoms with Gasteiger partial charge in [-0.2, -0.15) is 0 Å². The third kappa shape index (κ3) is 18.3. The lowest BCUT2D eigenvalue weighted by Gasteiger charge is -2.34. The Kier molecular flexibility index (Phi) is 21.0. The van der Waals surface area contributed by atoms with Gasteiger partial charge in [0.05, 0.1) is 5.92 Å². The molecule has 0 heterocycles. The summed E-state index contributed by atoms with van der Waals surface area (Å²) in [6.07, 6.45) is 12.9. The second-order valence-electron chi connectivity index (χ2n) is 14.3. The van der Waals surface area contributed by atoms with E-state index >= 15 is 0 Å². The Labute approximate surface area is 304 Å². The van der Waals surface area contributed by atoms with E-state index in [1.165, 1.54) is 56.5 Å². The van der Waals surface area contributed by atoms with Gasteiger partial charge < -0.3 is 35.0 Å². The minimum Gasteiger partial charge on any atom is -0.508 e. The molecule has 3 atom stereocenters. The summed E-state index contributed by atoms with van der Waals surface area (Å²) in [6, 6.07) is 4.59. The predicted molar refractivity (Wildman–Crippen MR) is 195 cm³/mol. The average Bonchev–Trinajstić information content (AvgIpc) is 3.05. The van der Waals surface area contributed by atoms with Crippen LogP contribution in [0.15, 0.2) is 36.4 Å². The number of rotatable bonds is 25. The van der Waals surface area contributed by atoms with Crippen LogP contribution in [0.5, 0.6) is 5.75 Å². The van der Waals surface area contributed by atoms with Crippen LogP contribution in [0.3, 0.4) is 0 Å². The number of hydrogen-bond acceptors (Lipinski definition) is 10. The number of ketones is 1. The number of aliphatic hydroxyl groups excluding tert-OH is 1. The zero-order valence-corrected chi connectivity index (χ0v) is 31.6. The number of aromatic hydroxyl groups is 1. The van der Waals surface area contributed by atoms with Crippen LogP contribution in [0, 0.1) is 5.92 Å². The zero-order chi connectivity index (χ0) is 38.5. The molecule has 1 aromatic rings. The summed E-state index contributed by atoms with van der Waals surface area (Å²) in [5.74, 6) is -4.70. The number of aliphatic hydroxyl groups is 2. The van der Waals surface area contributed by atoms with E-state index in [4.69, 9.17) is 9.47 Å². The number of hydrogen-bond donors (Lipinski definition) is 4. The first-order chi connectivity index (χ1) is 24.0. The van der Waals surface area contributed by atoms with Crippen LogP contribution in [0.1, 0.15) is 117 Å². The number of phenols is 1. The molecule has 0 fully saturated rings. The van der Waals surface area contributed by atoms with Crippen LogP contribution in [0.4, 0.5) is 0 Å². The van der Waals surface area contributed by atoms with Crippen molar-refractivity contribution in [2.45, 2.75) is 135 Å². The van der Waals surface area contributed by atoms with Gasteiger partial charge in [0.15, 0.2) is 12.2 Å². The Morgan fingerprint density at radius 3 is 2.04 bits per heavy atom. The molecule has 12 heteroatoms. The van der Waals surface area contributed by atoms with E-state index in [1.54, 1.807) is 39.0 Å². The second kappa shape index (κ2) is 23.7. The molecular formula is C39H62N2O10. The van der Waals surface area contributed by atoms with E-state index in [1.807, 2.05) is 0 Å². The molecule has 51 heavy (non-hydrogen) atoms. The van der Waals surface area contributed by atoms with E-state index in [-0.39, 0.29) is 12.2 Å². The Bertz CT molecular complexity index is 1260. The molecule has 0 saturated carbocycles. The number of phenolic OH excluding ortho intramolecular Hbond substituents is 1. The number of Topliss-reactive ketones (excluding diaryl/α,β-unsaturated/α-hetero) is 1. The Balaban J connectivity index is 3.13. The van der Waals surface area contributed by atoms with Crippen molar-refractivity contribution in [1.82, 2.24) is 10.2 Å². The third-order valence-corrected chi connectivity index (χ3v) is 8.32. The quantitative estimate of drug-likeness (QED) is 0.0614. The smallest absolute Gasteiger partial charge is 0.339 e. The summed E-state index contributed by atoms with van der Waals surface area (Å²) < 4.78 is 10.7. The van der Waals surface area contributed by atoms with Gasteiger partial charge in [-0.3, -0.25) is 14.4 Å². The fraction of sp³-hybridized carbons (Fsp3) is 0.667. The molecule has 0 bridgehead atoms. The summed E-state index contributed by atoms with van der Waals surface area (Å²) >= 11 is 0. The molecule has 0 spiro atoms. The first-order valence-corrected chi connectivity index (χ1v) is 18.2. The van der Waals surface area contributed by atoms with Crippen molar-refractivity contribution >= 4 is 29.5 Å². The maximum Gasteiger partial charge on any atom is 0.339 e. The van der Waals surface area contributed by atoms with Crippen LogP contribution in [-0.4, -0.2) is 94.3 Å². The number of benzene rings is 1. The SMILES string of the molecule is CCCCCCCC(=O)CCCCCC/C=C/[C@H](C(=O)N[C@@H](Cc1ccc(O)cc1)C(=O)OCC(=O)N(C)C)[C@@](O)(CCO)C(=O)OC(C)(C)C. The van der Waals surface area contributed by atoms with E-state index in [2.05, 4.69) is 12.2 Å². The molecule has 4 N–H and O–H groups in total. The van der Waals surface area contributed by atoms with Crippen LogP contribution >= 0.6 is 0 Å². The van der Waals surface area contributed by atoms with Gasteiger partial charge in [-0.25, -0.2) is 9.59 Å². The van der Waals surface area contributed by atoms with E-state index in [9.17, 15) is 39.3 Å². The van der Waals surface area contributed by atoms with Gasteiger partial charge in [0, 0.05) is 46.4 Å². The Morgan fingerprint density at radius 2 is 1.49 bits per heavy atom. The number of unbranched alkanes of at least 4 members (excludes halogenated alkanes) is 8. The molecule has 0 aliphatic carbocycles. The maximum absolute atomic E-state index is 14.0. The van der Waals surface area contributed by atoms with Gasteiger partial charge in [0.25, 0.3) is 5.91 Å². The van der Waals surface area contributed by atoms with Crippen LogP contribution in [-0.2, 0) is 39.9 Å². The van der Waals surface area contributed by atoms with Crippen molar-refractivity contribution in [3.63, 3.8) is 0 Å². The number of ether oxygens (including phenoxy) is 2. The number of esters is 2. The van der Waals surface area contributed by atoms with Crippen molar-refractivity contribution in [1.29, 1.82) is 0 Å². The van der Waals surface area contributed by atoms with Crippen LogP contribution in [0.25, 0.3) is 0 Å². The van der Waals surface area contributed by atoms with Crippen molar-refractivity contribution < 1.29 is 48.8 Å². The van der Waals surface area contributed by atoms with Gasteiger partial charge in [0.1, 0.15) is 23.2 Å². The number of allylic oxidation sites excluding steroid dienone is 1. The topological polar surface area (TPSA) is 180 Å². The molecule has 1 rings (SSSR count). The summed E-state index contributed by atoms with van der Waals surface area (Å²) in [7, 11) is 3.00. The standard InChI is InChI=1S/C39H62N2O10/c1-7-8-9-12-15-18-30(43)19-16-13-10-11-14-17-20-32(39(49,25-26-42)37(48)51-38(2,3)4)35(46)40-33(27-29-21-23-31(44)24-22-29)36(47)50-28-34(45)41(5)6/h17,20-24,32-33,42,44,49H,7-16,18-19,25-28H2,1-6H3,(H,40,46)/b20-17+/t32-,33+,39+/m1/s1. The maximum atomic E-state index is 14.0. The number of nitrogens with one attached hydrogen (secondary N) is 1. The minimum absolute atomic E-state index is 0.00298. The number of carbonyl (C=O) groups excluding carboxylic acids is 5. The number of amides is 2. The first kappa shape index (κ1) is 45.3. The van der Waals surface area contributed by atoms with Crippen molar-refractivity contribution in [2.75, 3.05) is 27.3 Å². The summed E-state index contributed by atoms with van der Waals surface area (Å²) in [5, 5.41) is 33.9. The Hall–Kier alpha value is -3.77. The lowest BCUT2D eigenvalue weighted by atomic mass is 9.82. The normalized spacial score (nSPS) is 14.0. The fourth-order valence-electron chi connectivity index (χ4n) is 5.29. The van der Waals surface area contributed by atoms with Gasteiger partial charge >= 0.3 is 11.9 Å². The van der Waals surface area contributed by atoms with Gasteiger partial charge in [0.2, 0.25) is 5.91 Å². The van der Waals surface area contributed by atoms with Crippen molar-refractivity contribution in [3.05, 3.63) is 42.0 Å². The molecule has 0 aliphatic rings. The van der Waals surface area contributed by atoms with Crippen LogP contribution in [0.2, 0.25) is 0 Å². The largest absolute Gasteiger partial charge is 0.508 e. The molecule has 0 saturated heterocycles. The summed E-state index contributed by atoms with van der Waals surface area (Å²) in [5.41, 5.74) is -2.97. The molecule has 2 amide bonds. The van der Waals surface area contributed by atoms with E-state index in [0.29, 0.717) is 30.6 Å². The zero-order valence-electron chi connectivity index (χ0n) is 31.6. The highest BCUT2D eigenvalue weighted by molar-refractivity contribution is 5.94. The Morgan fingerprint density at radius 1 is 0.902 bits per heavy atom. The summed E-state index contributed by atoms with van der Waals surface area (Å²) in [6.45, 7) is 5.77. The summed E-state index contributed by atoms with van der Waals surface area (Å²) in [4.78, 5) is 66.1. The molecule has 1 aromatic carbocycles. The molecule has 0 aliphatic heterocycles. The lowest BCUT2D eigenvalue weighted by Crippen LogP contribution is -2.56. The van der Waals surface area contributed by atoms with Gasteiger partial charge in [-0.15, -0.1) is 0 Å². The van der Waals surface area contributed by atoms with Gasteiger partial charge in [-0.1, -0.05) is 69.7 Å². The fourth-order valence-corrected chi connectivity index (χ4v) is 5.29. The highest BCUT2D eigenvalue weighted by atomic mass is 16.6. The molecule has 288 valence electrons. The highest BCUT2D eigenvalue weighted by Gasteiger charge is 2.49. The van der Waals surface area contributed by atoms with Crippen molar-refractivity contribution in [2.24, 2.45) is 5.92 Å². The lowest BCUT2D eigenvalue weighted by molar-refractivity contribution is -0.185. The number of likely N-dealkylation sites (N-methyl/N-ethyl adjacent to an activating group) is 1. The molecule has 0 radical (unpaired) electrons. The van der Waals surface area contributed by atoms with Crippen LogP contribution < -0.4 is 5.32 Å². The monoisotopic (exact) mass is 718 g/mol. The highest BCUT2D eigenvalue weighted by Crippen LogP contribution is 2.28. The van der Waals surface area contributed by atoms with Gasteiger partial charge in [-0.05, 0) is 64.2 Å². The minimum atomic E-state index is -2.49. The molecular weight excluding hydrogens is 656 g/mol. The van der Waals surface area contributed by atoms with Crippen molar-refractivity contribution in [3.8, 4) is 5.75 Å². The predicted octanol–water partition coefficient (Wildman–Crippen LogP) is 4.95.